The summed E-state index contributed by atoms with van der Waals surface area (Å²) >= 11 is 1.69. The van der Waals surface area contributed by atoms with E-state index in [2.05, 4.69) is 14.5 Å². The second kappa shape index (κ2) is 8.45. The van der Waals surface area contributed by atoms with Crippen LogP contribution in [0.3, 0.4) is 0 Å². The number of amides is 1. The van der Waals surface area contributed by atoms with Gasteiger partial charge in [0.25, 0.3) is 5.88 Å². The van der Waals surface area contributed by atoms with Crippen LogP contribution in [0.2, 0.25) is 0 Å². The molecule has 13 heteroatoms. The number of nitrogens with one attached hydrogen (secondary N) is 1. The van der Waals surface area contributed by atoms with Crippen LogP contribution >= 0.6 is 22.6 Å². The highest BCUT2D eigenvalue weighted by molar-refractivity contribution is 14.1. The molecule has 1 heterocycles. The van der Waals surface area contributed by atoms with Crippen molar-refractivity contribution in [3.05, 3.63) is 15.3 Å². The molecular weight excluding hydrogens is 508 g/mol. The van der Waals surface area contributed by atoms with Crippen molar-refractivity contribution in [2.45, 2.75) is 32.6 Å². The first-order valence-electron chi connectivity index (χ1n) is 7.22. The number of carbonyl (C=O) groups excluding carboxylic acids is 1. The van der Waals surface area contributed by atoms with Gasteiger partial charge in [0.15, 0.2) is 0 Å². The van der Waals surface area contributed by atoms with Crippen molar-refractivity contribution in [2.24, 2.45) is 5.41 Å². The van der Waals surface area contributed by atoms with Crippen molar-refractivity contribution >= 4 is 44.3 Å². The molecule has 27 heavy (non-hydrogen) atoms. The van der Waals surface area contributed by atoms with Gasteiger partial charge in [-0.1, -0.05) is 20.8 Å². The van der Waals surface area contributed by atoms with Crippen LogP contribution in [0.5, 0.6) is 5.88 Å². The smallest absolute Gasteiger partial charge is 0.353 e. The Morgan fingerprint density at radius 2 is 1.74 bits per heavy atom. The number of carbonyl (C=O) groups is 1. The molecule has 0 saturated carbocycles. The zero-order valence-corrected chi connectivity index (χ0v) is 17.9. The highest BCUT2D eigenvalue weighted by Crippen LogP contribution is 2.36. The summed E-state index contributed by atoms with van der Waals surface area (Å²) in [6.45, 7) is 4.70. The summed E-state index contributed by atoms with van der Waals surface area (Å²) in [5, 5.41) is 2.35. The van der Waals surface area contributed by atoms with Crippen LogP contribution in [0, 0.1) is 8.99 Å². The summed E-state index contributed by atoms with van der Waals surface area (Å²) in [5.74, 6) is -1.54. The quantitative estimate of drug-likeness (QED) is 0.263. The molecule has 0 aliphatic rings. The van der Waals surface area contributed by atoms with E-state index in [0.717, 1.165) is 0 Å². The normalized spacial score (nSPS) is 13.0. The number of hydrogen-bond acceptors (Lipinski definition) is 7. The maximum absolute atomic E-state index is 12.7. The lowest BCUT2D eigenvalue weighted by Gasteiger charge is -2.21. The second-order valence-electron chi connectivity index (χ2n) is 6.20. The fourth-order valence-corrected chi connectivity index (χ4v) is 2.70. The lowest BCUT2D eigenvalue weighted by Crippen LogP contribution is -2.31. The first-order valence-corrected chi connectivity index (χ1v) is 9.71. The molecule has 0 spiro atoms. The molecule has 1 rings (SSSR count). The number of aromatic nitrogens is 1. The van der Waals surface area contributed by atoms with Gasteiger partial charge >= 0.3 is 15.6 Å². The van der Waals surface area contributed by atoms with Crippen LogP contribution in [0.25, 0.3) is 0 Å². The van der Waals surface area contributed by atoms with Crippen LogP contribution in [0.4, 0.5) is 18.9 Å². The van der Waals surface area contributed by atoms with Gasteiger partial charge < -0.3 is 19.0 Å². The van der Waals surface area contributed by atoms with Gasteiger partial charge in [0, 0.05) is 23.2 Å². The average molecular weight is 526 g/mol. The van der Waals surface area contributed by atoms with Gasteiger partial charge in [-0.05, 0) is 28.7 Å². The van der Waals surface area contributed by atoms with Gasteiger partial charge in [-0.3, -0.25) is 4.79 Å². The molecule has 0 aliphatic heterocycles. The largest absolute Gasteiger partial charge is 0.534 e. The van der Waals surface area contributed by atoms with E-state index in [1.165, 1.54) is 20.3 Å². The Balaban J connectivity index is 3.55. The van der Waals surface area contributed by atoms with E-state index >= 15 is 0 Å². The van der Waals surface area contributed by atoms with E-state index in [1.807, 2.05) is 0 Å². The Kier molecular flexibility index (Phi) is 7.46. The lowest BCUT2D eigenvalue weighted by molar-refractivity contribution is -0.123. The number of methoxy groups -OCH3 is 2. The fraction of sp³-hybridized carbons (Fsp3) is 0.571. The predicted molar refractivity (Wildman–Crippen MR) is 97.4 cm³/mol. The SMILES string of the molecule is COC(OC)c1cc(I)c(NC(=O)C(C)(C)C)c(OS(=O)(=O)C(F)(F)F)n1. The molecule has 0 saturated heterocycles. The molecule has 0 radical (unpaired) electrons. The van der Waals surface area contributed by atoms with Crippen molar-refractivity contribution in [1.29, 1.82) is 0 Å². The molecule has 0 aliphatic carbocycles. The number of ether oxygens (including phenoxy) is 2. The minimum absolute atomic E-state index is 0.0504. The summed E-state index contributed by atoms with van der Waals surface area (Å²) in [7, 11) is -3.51. The third kappa shape index (κ3) is 5.89. The highest BCUT2D eigenvalue weighted by Gasteiger charge is 2.49. The van der Waals surface area contributed by atoms with Gasteiger partial charge in [0.05, 0.1) is 0 Å². The van der Waals surface area contributed by atoms with Crippen molar-refractivity contribution in [3.8, 4) is 5.88 Å². The molecule has 8 nitrogen and oxygen atoms in total. The van der Waals surface area contributed by atoms with Crippen LogP contribution < -0.4 is 9.50 Å². The van der Waals surface area contributed by atoms with E-state index in [9.17, 15) is 26.4 Å². The Morgan fingerprint density at radius 1 is 1.22 bits per heavy atom. The van der Waals surface area contributed by atoms with Crippen molar-refractivity contribution in [3.63, 3.8) is 0 Å². The molecule has 1 aromatic heterocycles. The Labute approximate surface area is 168 Å². The topological polar surface area (TPSA) is 104 Å². The van der Waals surface area contributed by atoms with Crippen LogP contribution in [-0.2, 0) is 24.4 Å². The maximum atomic E-state index is 12.7. The van der Waals surface area contributed by atoms with E-state index < -0.39 is 39.1 Å². The summed E-state index contributed by atoms with van der Waals surface area (Å²) in [4.78, 5) is 16.0. The molecule has 0 aromatic carbocycles. The van der Waals surface area contributed by atoms with Crippen molar-refractivity contribution in [1.82, 2.24) is 4.98 Å². The molecule has 1 amide bonds. The van der Waals surface area contributed by atoms with Gasteiger partial charge in [0.1, 0.15) is 11.4 Å². The summed E-state index contributed by atoms with van der Waals surface area (Å²) < 4.78 is 75.3. The average Bonchev–Trinajstić information content (AvgIpc) is 2.49. The number of halogens is 4. The number of anilines is 1. The Hall–Kier alpha value is -1.19. The molecule has 0 unspecified atom stereocenters. The fourth-order valence-electron chi connectivity index (χ4n) is 1.59. The molecule has 154 valence electrons. The molecule has 0 fully saturated rings. The zero-order valence-electron chi connectivity index (χ0n) is 15.0. The summed E-state index contributed by atoms with van der Waals surface area (Å²) in [6, 6.07) is 1.35. The predicted octanol–water partition coefficient (Wildman–Crippen LogP) is 3.19. The van der Waals surface area contributed by atoms with Gasteiger partial charge in [-0.25, -0.2) is 4.98 Å². The third-order valence-corrected chi connectivity index (χ3v) is 4.81. The molecule has 0 bridgehead atoms. The van der Waals surface area contributed by atoms with Gasteiger partial charge in [0.2, 0.25) is 12.2 Å². The van der Waals surface area contributed by atoms with E-state index in [4.69, 9.17) is 9.47 Å². The monoisotopic (exact) mass is 526 g/mol. The third-order valence-electron chi connectivity index (χ3n) is 3.02. The Morgan fingerprint density at radius 3 is 2.15 bits per heavy atom. The van der Waals surface area contributed by atoms with Crippen molar-refractivity contribution in [2.75, 3.05) is 19.5 Å². The Bertz CT molecular complexity index is 804. The lowest BCUT2D eigenvalue weighted by atomic mass is 9.95. The maximum Gasteiger partial charge on any atom is 0.534 e. The first-order chi connectivity index (χ1) is 12.1. The highest BCUT2D eigenvalue weighted by atomic mass is 127. The zero-order chi connectivity index (χ0) is 21.2. The number of pyridine rings is 1. The molecule has 0 atom stereocenters. The minimum Gasteiger partial charge on any atom is -0.353 e. The minimum atomic E-state index is -6.02. The van der Waals surface area contributed by atoms with E-state index in [-0.39, 0.29) is 15.0 Å². The van der Waals surface area contributed by atoms with Crippen LogP contribution in [0.1, 0.15) is 32.8 Å². The van der Waals surface area contributed by atoms with Crippen molar-refractivity contribution < 1.29 is 40.0 Å². The van der Waals surface area contributed by atoms with Gasteiger partial charge in [-0.15, -0.1) is 0 Å². The van der Waals surface area contributed by atoms with Crippen LogP contribution in [-0.4, -0.2) is 39.0 Å². The summed E-state index contributed by atoms with van der Waals surface area (Å²) in [6.07, 6.45) is -1.10. The van der Waals surface area contributed by atoms with Crippen LogP contribution in [0.15, 0.2) is 6.07 Å². The number of hydrogen-bond donors (Lipinski definition) is 1. The molecule has 1 aromatic rings. The number of alkyl halides is 3. The first kappa shape index (κ1) is 23.8. The van der Waals surface area contributed by atoms with E-state index in [1.54, 1.807) is 43.4 Å². The standard InChI is InChI=1S/C14H18F3IN2O6S/c1-13(2,3)12(21)20-9-7(18)6-8(11(24-4)25-5)19-10(9)26-27(22,23)14(15,16)17/h6,11H,1-5H3,(H,20,21). The molecule has 1 N–H and O–H groups in total. The van der Waals surface area contributed by atoms with Gasteiger partial charge in [-0.2, -0.15) is 21.6 Å². The molecular formula is C14H18F3IN2O6S. The number of rotatable bonds is 6. The summed E-state index contributed by atoms with van der Waals surface area (Å²) in [5.41, 5.74) is -6.96. The van der Waals surface area contributed by atoms with E-state index in [0.29, 0.717) is 0 Å². The second-order valence-corrected chi connectivity index (χ2v) is 8.90. The number of nitrogens with zero attached hydrogens (tertiary/aromatic N) is 1.